The Balaban J connectivity index is 2.93. The molecule has 0 aliphatic heterocycles. The molecule has 3 nitrogen and oxygen atoms in total. The molecule has 0 aliphatic rings. The van der Waals surface area contributed by atoms with Gasteiger partial charge >= 0.3 is 0 Å². The van der Waals surface area contributed by atoms with Crippen molar-refractivity contribution in [2.75, 3.05) is 0 Å². The van der Waals surface area contributed by atoms with Crippen molar-refractivity contribution < 1.29 is 0 Å². The maximum absolute atomic E-state index is 10.0. The van der Waals surface area contributed by atoms with Gasteiger partial charge in [-0.05, 0) is 29.8 Å². The topological polar surface area (TPSA) is 53.2 Å². The van der Waals surface area contributed by atoms with Crippen LogP contribution in [0.5, 0.6) is 0 Å². The smallest absolute Gasteiger partial charge is 0.108 e. The zero-order valence-electron chi connectivity index (χ0n) is 6.69. The molecule has 0 aromatic heterocycles. The quantitative estimate of drug-likeness (QED) is 0.624. The SMILES string of the molecule is CC(C#N)c1ccc(N=O)cc1. The highest BCUT2D eigenvalue weighted by molar-refractivity contribution is 5.40. The average Bonchev–Trinajstić information content (AvgIpc) is 2.17. The molecule has 3 heteroatoms. The Hall–Kier alpha value is -1.69. The number of nitroso groups, excluding NO2 is 1. The predicted molar refractivity (Wildman–Crippen MR) is 45.9 cm³/mol. The molecule has 0 saturated heterocycles. The number of hydrogen-bond acceptors (Lipinski definition) is 3. The number of benzene rings is 1. The highest BCUT2D eigenvalue weighted by Crippen LogP contribution is 2.18. The maximum Gasteiger partial charge on any atom is 0.108 e. The summed E-state index contributed by atoms with van der Waals surface area (Å²) in [4.78, 5) is 10.0. The van der Waals surface area contributed by atoms with Gasteiger partial charge in [0, 0.05) is 0 Å². The molecule has 12 heavy (non-hydrogen) atoms. The van der Waals surface area contributed by atoms with Gasteiger partial charge in [-0.3, -0.25) is 0 Å². The van der Waals surface area contributed by atoms with Crippen LogP contribution in [-0.4, -0.2) is 0 Å². The van der Waals surface area contributed by atoms with E-state index in [-0.39, 0.29) is 5.92 Å². The van der Waals surface area contributed by atoms with Crippen molar-refractivity contribution in [1.29, 1.82) is 5.26 Å². The van der Waals surface area contributed by atoms with Crippen LogP contribution in [0, 0.1) is 16.2 Å². The molecule has 0 fully saturated rings. The van der Waals surface area contributed by atoms with Crippen molar-refractivity contribution >= 4 is 5.69 Å². The van der Waals surface area contributed by atoms with Crippen molar-refractivity contribution in [3.8, 4) is 6.07 Å². The van der Waals surface area contributed by atoms with Crippen molar-refractivity contribution in [3.05, 3.63) is 34.7 Å². The van der Waals surface area contributed by atoms with Crippen molar-refractivity contribution in [1.82, 2.24) is 0 Å². The maximum atomic E-state index is 10.0. The van der Waals surface area contributed by atoms with Gasteiger partial charge in [0.2, 0.25) is 0 Å². The second kappa shape index (κ2) is 3.63. The van der Waals surface area contributed by atoms with Crippen LogP contribution in [0.4, 0.5) is 5.69 Å². The van der Waals surface area contributed by atoms with Crippen molar-refractivity contribution in [2.24, 2.45) is 5.18 Å². The van der Waals surface area contributed by atoms with Crippen molar-refractivity contribution in [2.45, 2.75) is 12.8 Å². The number of rotatable bonds is 2. The molecule has 1 aromatic carbocycles. The van der Waals surface area contributed by atoms with E-state index >= 15 is 0 Å². The average molecular weight is 160 g/mol. The fraction of sp³-hybridized carbons (Fsp3) is 0.222. The lowest BCUT2D eigenvalue weighted by Gasteiger charge is -2.00. The van der Waals surface area contributed by atoms with Gasteiger partial charge in [-0.1, -0.05) is 12.1 Å². The molecule has 0 bridgehead atoms. The Morgan fingerprint density at radius 1 is 1.42 bits per heavy atom. The van der Waals surface area contributed by atoms with Crippen LogP contribution in [0.1, 0.15) is 18.4 Å². The Bertz CT molecular complexity index is 310. The Kier molecular flexibility index (Phi) is 2.54. The summed E-state index contributed by atoms with van der Waals surface area (Å²) in [5.74, 6) is -0.134. The summed E-state index contributed by atoms with van der Waals surface area (Å²) in [6.07, 6.45) is 0. The van der Waals surface area contributed by atoms with Crippen LogP contribution >= 0.6 is 0 Å². The predicted octanol–water partition coefficient (Wildman–Crippen LogP) is 2.71. The fourth-order valence-electron chi connectivity index (χ4n) is 0.898. The van der Waals surface area contributed by atoms with Crippen LogP contribution in [0.15, 0.2) is 29.4 Å². The summed E-state index contributed by atoms with van der Waals surface area (Å²) in [6.45, 7) is 1.81. The first-order chi connectivity index (χ1) is 5.77. The summed E-state index contributed by atoms with van der Waals surface area (Å²) >= 11 is 0. The third-order valence-corrected chi connectivity index (χ3v) is 1.69. The number of nitrogens with zero attached hydrogens (tertiary/aromatic N) is 2. The van der Waals surface area contributed by atoms with Gasteiger partial charge in [-0.25, -0.2) is 0 Å². The lowest BCUT2D eigenvalue weighted by atomic mass is 10.0. The summed E-state index contributed by atoms with van der Waals surface area (Å²) in [5, 5.41) is 11.3. The summed E-state index contributed by atoms with van der Waals surface area (Å²) in [5.41, 5.74) is 1.30. The van der Waals surface area contributed by atoms with Gasteiger partial charge < -0.3 is 0 Å². The highest BCUT2D eigenvalue weighted by atomic mass is 16.3. The molecule has 0 heterocycles. The fourth-order valence-corrected chi connectivity index (χ4v) is 0.898. The first kappa shape index (κ1) is 8.41. The normalized spacial score (nSPS) is 11.7. The summed E-state index contributed by atoms with van der Waals surface area (Å²) in [7, 11) is 0. The van der Waals surface area contributed by atoms with Gasteiger partial charge in [-0.2, -0.15) is 5.26 Å². The molecule has 0 amide bonds. The molecule has 1 aromatic rings. The third-order valence-electron chi connectivity index (χ3n) is 1.69. The Morgan fingerprint density at radius 3 is 2.42 bits per heavy atom. The molecule has 0 spiro atoms. The molecule has 0 N–H and O–H groups in total. The lowest BCUT2D eigenvalue weighted by Crippen LogP contribution is -1.87. The standard InChI is InChI=1S/C9H8N2O/c1-7(6-10)8-2-4-9(11-12)5-3-8/h2-5,7H,1H3. The monoisotopic (exact) mass is 160 g/mol. The van der Waals surface area contributed by atoms with E-state index in [4.69, 9.17) is 5.26 Å². The van der Waals surface area contributed by atoms with Crippen molar-refractivity contribution in [3.63, 3.8) is 0 Å². The molecule has 60 valence electrons. The number of nitriles is 1. The first-order valence-corrected chi connectivity index (χ1v) is 3.61. The minimum absolute atomic E-state index is 0.134. The second-order valence-corrected chi connectivity index (χ2v) is 2.53. The van der Waals surface area contributed by atoms with E-state index in [1.807, 2.05) is 6.92 Å². The Labute approximate surface area is 70.6 Å². The lowest BCUT2D eigenvalue weighted by molar-refractivity contribution is 0.982. The first-order valence-electron chi connectivity index (χ1n) is 3.61. The van der Waals surface area contributed by atoms with Crippen LogP contribution in [0.25, 0.3) is 0 Å². The molecule has 1 atom stereocenters. The van der Waals surface area contributed by atoms with Gasteiger partial charge in [0.25, 0.3) is 0 Å². The summed E-state index contributed by atoms with van der Waals surface area (Å²) < 4.78 is 0. The van der Waals surface area contributed by atoms with Crippen LogP contribution in [0.3, 0.4) is 0 Å². The zero-order chi connectivity index (χ0) is 8.97. The largest absolute Gasteiger partial charge is 0.198 e. The zero-order valence-corrected chi connectivity index (χ0v) is 6.69. The molecule has 0 saturated carbocycles. The van der Waals surface area contributed by atoms with E-state index in [9.17, 15) is 4.91 Å². The minimum Gasteiger partial charge on any atom is -0.198 e. The van der Waals surface area contributed by atoms with E-state index in [2.05, 4.69) is 11.2 Å². The van der Waals surface area contributed by atoms with Gasteiger partial charge in [0.1, 0.15) is 5.69 Å². The molecular weight excluding hydrogens is 152 g/mol. The third kappa shape index (κ3) is 1.67. The van der Waals surface area contributed by atoms with E-state index < -0.39 is 0 Å². The Morgan fingerprint density at radius 2 is 2.00 bits per heavy atom. The van der Waals surface area contributed by atoms with Gasteiger partial charge in [-0.15, -0.1) is 4.91 Å². The molecular formula is C9H8N2O. The van der Waals surface area contributed by atoms with Crippen LogP contribution in [0.2, 0.25) is 0 Å². The van der Waals surface area contributed by atoms with Gasteiger partial charge in [0.15, 0.2) is 0 Å². The van der Waals surface area contributed by atoms with E-state index in [1.165, 1.54) is 0 Å². The molecule has 1 unspecified atom stereocenters. The van der Waals surface area contributed by atoms with Crippen LogP contribution in [-0.2, 0) is 0 Å². The molecule has 0 aliphatic carbocycles. The molecule has 0 radical (unpaired) electrons. The summed E-state index contributed by atoms with van der Waals surface area (Å²) in [6, 6.07) is 8.81. The van der Waals surface area contributed by atoms with E-state index in [0.29, 0.717) is 5.69 Å². The van der Waals surface area contributed by atoms with Gasteiger partial charge in [0.05, 0.1) is 12.0 Å². The number of hydrogen-bond donors (Lipinski definition) is 0. The van der Waals surface area contributed by atoms with Crippen LogP contribution < -0.4 is 0 Å². The minimum atomic E-state index is -0.134. The highest BCUT2D eigenvalue weighted by Gasteiger charge is 2.02. The second-order valence-electron chi connectivity index (χ2n) is 2.53. The van der Waals surface area contributed by atoms with E-state index in [0.717, 1.165) is 5.56 Å². The molecule has 1 rings (SSSR count). The van der Waals surface area contributed by atoms with E-state index in [1.54, 1.807) is 24.3 Å².